The fourth-order valence-corrected chi connectivity index (χ4v) is 3.26. The van der Waals surface area contributed by atoms with Gasteiger partial charge >= 0.3 is 0 Å². The van der Waals surface area contributed by atoms with Crippen molar-refractivity contribution in [3.05, 3.63) is 101 Å². The number of pyridine rings is 1. The fourth-order valence-electron chi connectivity index (χ4n) is 3.26. The van der Waals surface area contributed by atoms with Crippen LogP contribution in [0.3, 0.4) is 0 Å². The van der Waals surface area contributed by atoms with Crippen LogP contribution in [-0.2, 0) is 0 Å². The van der Waals surface area contributed by atoms with E-state index in [2.05, 4.69) is 5.32 Å². The maximum Gasteiger partial charge on any atom is 0.259 e. The van der Waals surface area contributed by atoms with Gasteiger partial charge in [0.25, 0.3) is 5.91 Å². The zero-order valence-corrected chi connectivity index (χ0v) is 15.3. The van der Waals surface area contributed by atoms with Crippen molar-refractivity contribution in [2.45, 2.75) is 6.92 Å². The number of aromatic nitrogens is 1. The van der Waals surface area contributed by atoms with E-state index in [0.717, 1.165) is 5.56 Å². The minimum absolute atomic E-state index is 0.171. The van der Waals surface area contributed by atoms with Crippen LogP contribution in [0.5, 0.6) is 0 Å². The zero-order chi connectivity index (χ0) is 19.7. The Morgan fingerprint density at radius 2 is 1.57 bits per heavy atom. The minimum Gasteiger partial charge on any atom is -0.396 e. The third-order valence-corrected chi connectivity index (χ3v) is 4.67. The Morgan fingerprint density at radius 3 is 2.29 bits per heavy atom. The molecule has 0 atom stereocenters. The first-order chi connectivity index (χ1) is 13.6. The Bertz CT molecular complexity index is 1180. The third-order valence-electron chi connectivity index (χ3n) is 4.67. The number of hydrogen-bond donors (Lipinski definition) is 2. The van der Waals surface area contributed by atoms with Gasteiger partial charge in [0.2, 0.25) is 5.78 Å². The van der Waals surface area contributed by atoms with Crippen molar-refractivity contribution in [2.75, 3.05) is 11.1 Å². The number of carbonyl (C=O) groups excluding carboxylic acids is 2. The second kappa shape index (κ2) is 7.04. The lowest BCUT2D eigenvalue weighted by atomic mass is 10.0. The number of anilines is 2. The number of fused-ring (bicyclic) bond motifs is 1. The van der Waals surface area contributed by atoms with Gasteiger partial charge in [-0.05, 0) is 31.2 Å². The number of rotatable bonds is 4. The summed E-state index contributed by atoms with van der Waals surface area (Å²) in [7, 11) is 0. The van der Waals surface area contributed by atoms with Crippen molar-refractivity contribution in [1.29, 1.82) is 0 Å². The zero-order valence-electron chi connectivity index (χ0n) is 15.3. The van der Waals surface area contributed by atoms with Crippen molar-refractivity contribution >= 4 is 28.6 Å². The van der Waals surface area contributed by atoms with Crippen LogP contribution in [0.1, 0.15) is 32.0 Å². The Balaban J connectivity index is 1.83. The lowest BCUT2D eigenvalue weighted by Crippen LogP contribution is -2.14. The summed E-state index contributed by atoms with van der Waals surface area (Å²) in [6.07, 6.45) is 1.74. The molecule has 0 radical (unpaired) electrons. The number of aryl methyl sites for hydroxylation is 1. The maximum atomic E-state index is 13.2. The lowest BCUT2D eigenvalue weighted by molar-refractivity contribution is 0.102. The molecule has 5 heteroatoms. The summed E-state index contributed by atoms with van der Waals surface area (Å²) in [4.78, 5) is 26.1. The number of nitrogens with two attached hydrogens (primary N) is 1. The van der Waals surface area contributed by atoms with E-state index in [9.17, 15) is 9.59 Å². The van der Waals surface area contributed by atoms with Crippen molar-refractivity contribution in [2.24, 2.45) is 0 Å². The second-order valence-electron chi connectivity index (χ2n) is 6.61. The van der Waals surface area contributed by atoms with Gasteiger partial charge in [-0.3, -0.25) is 9.59 Å². The molecule has 4 aromatic rings. The van der Waals surface area contributed by atoms with Gasteiger partial charge in [-0.2, -0.15) is 0 Å². The number of nitrogens with zero attached hydrogens (tertiary/aromatic N) is 1. The summed E-state index contributed by atoms with van der Waals surface area (Å²) >= 11 is 0. The highest BCUT2D eigenvalue weighted by Crippen LogP contribution is 2.29. The summed E-state index contributed by atoms with van der Waals surface area (Å²) in [5, 5.41) is 2.85. The lowest BCUT2D eigenvalue weighted by Gasteiger charge is -2.05. The van der Waals surface area contributed by atoms with Crippen molar-refractivity contribution < 1.29 is 9.59 Å². The average molecular weight is 369 g/mol. The highest BCUT2D eigenvalue weighted by atomic mass is 16.2. The van der Waals surface area contributed by atoms with Gasteiger partial charge in [-0.15, -0.1) is 0 Å². The standard InChI is InChI=1S/C23H19N3O2/c1-15-10-12-16(13-11-15)22(27)21-20(24)19(18-9-5-6-14-26(18)21)23(28)25-17-7-3-2-4-8-17/h2-14H,24H2,1H3,(H,25,28). The molecule has 2 aromatic heterocycles. The molecule has 0 bridgehead atoms. The molecule has 0 aliphatic heterocycles. The van der Waals surface area contributed by atoms with Crippen LogP contribution in [-0.4, -0.2) is 16.1 Å². The predicted octanol–water partition coefficient (Wildman–Crippen LogP) is 4.31. The number of carbonyl (C=O) groups is 2. The molecule has 2 aromatic carbocycles. The number of ketones is 1. The van der Waals surface area contributed by atoms with Crippen LogP contribution >= 0.6 is 0 Å². The monoisotopic (exact) mass is 369 g/mol. The molecule has 2 heterocycles. The summed E-state index contributed by atoms with van der Waals surface area (Å²) in [5.41, 5.74) is 9.92. The first-order valence-corrected chi connectivity index (χ1v) is 8.92. The summed E-state index contributed by atoms with van der Waals surface area (Å²) in [6, 6.07) is 21.8. The number of benzene rings is 2. The van der Waals surface area contributed by atoms with E-state index < -0.39 is 0 Å². The SMILES string of the molecule is Cc1ccc(C(=O)c2c(N)c(C(=O)Nc3ccccc3)c3ccccn23)cc1. The fraction of sp³-hybridized carbons (Fsp3) is 0.0435. The molecule has 1 amide bonds. The Morgan fingerprint density at radius 1 is 0.893 bits per heavy atom. The van der Waals surface area contributed by atoms with E-state index in [1.165, 1.54) is 0 Å². The third kappa shape index (κ3) is 3.03. The van der Waals surface area contributed by atoms with Gasteiger partial charge in [0.15, 0.2) is 0 Å². The number of amides is 1. The van der Waals surface area contributed by atoms with E-state index in [-0.39, 0.29) is 23.1 Å². The average Bonchev–Trinajstić information content (AvgIpc) is 3.00. The Hall–Kier alpha value is -3.86. The quantitative estimate of drug-likeness (QED) is 0.526. The number of nitrogens with one attached hydrogen (secondary N) is 1. The first kappa shape index (κ1) is 17.5. The van der Waals surface area contributed by atoms with Crippen molar-refractivity contribution in [1.82, 2.24) is 4.40 Å². The highest BCUT2D eigenvalue weighted by Gasteiger charge is 2.26. The largest absolute Gasteiger partial charge is 0.396 e. The van der Waals surface area contributed by atoms with E-state index in [0.29, 0.717) is 22.3 Å². The molecule has 3 N–H and O–H groups in total. The summed E-state index contributed by atoms with van der Waals surface area (Å²) in [5.74, 6) is -0.576. The van der Waals surface area contributed by atoms with E-state index in [1.807, 2.05) is 43.3 Å². The van der Waals surface area contributed by atoms with Crippen LogP contribution in [0.4, 0.5) is 11.4 Å². The molecule has 0 aliphatic carbocycles. The van der Waals surface area contributed by atoms with Crippen LogP contribution in [0.25, 0.3) is 5.52 Å². The van der Waals surface area contributed by atoms with Crippen LogP contribution in [0.15, 0.2) is 79.0 Å². The molecule has 0 spiro atoms. The Labute approximate surface area is 162 Å². The normalized spacial score (nSPS) is 10.8. The minimum atomic E-state index is -0.352. The second-order valence-corrected chi connectivity index (χ2v) is 6.61. The Kier molecular flexibility index (Phi) is 4.41. The van der Waals surface area contributed by atoms with Gasteiger partial charge in [0.1, 0.15) is 5.69 Å². The predicted molar refractivity (Wildman–Crippen MR) is 111 cm³/mol. The van der Waals surface area contributed by atoms with Gasteiger partial charge in [-0.25, -0.2) is 0 Å². The van der Waals surface area contributed by atoms with E-state index in [4.69, 9.17) is 5.73 Å². The molecule has 0 unspecified atom stereocenters. The van der Waals surface area contributed by atoms with Gasteiger partial charge in [-0.1, -0.05) is 54.1 Å². The highest BCUT2D eigenvalue weighted by molar-refractivity contribution is 6.20. The van der Waals surface area contributed by atoms with Crippen LogP contribution in [0, 0.1) is 6.92 Å². The summed E-state index contributed by atoms with van der Waals surface area (Å²) in [6.45, 7) is 1.96. The van der Waals surface area contributed by atoms with Gasteiger partial charge < -0.3 is 15.5 Å². The molecular weight excluding hydrogens is 350 g/mol. The van der Waals surface area contributed by atoms with Crippen molar-refractivity contribution in [3.8, 4) is 0 Å². The molecule has 4 rings (SSSR count). The molecule has 0 saturated carbocycles. The van der Waals surface area contributed by atoms with E-state index in [1.54, 1.807) is 47.0 Å². The van der Waals surface area contributed by atoms with Crippen molar-refractivity contribution in [3.63, 3.8) is 0 Å². The smallest absolute Gasteiger partial charge is 0.259 e. The number of hydrogen-bond acceptors (Lipinski definition) is 3. The number of nitrogen functional groups attached to an aromatic ring is 1. The molecule has 0 saturated heterocycles. The maximum absolute atomic E-state index is 13.2. The topological polar surface area (TPSA) is 76.6 Å². The van der Waals surface area contributed by atoms with Crippen LogP contribution < -0.4 is 11.1 Å². The summed E-state index contributed by atoms with van der Waals surface area (Å²) < 4.78 is 1.68. The van der Waals surface area contributed by atoms with Crippen LogP contribution in [0.2, 0.25) is 0 Å². The molecular formula is C23H19N3O2. The molecule has 0 fully saturated rings. The molecule has 28 heavy (non-hydrogen) atoms. The van der Waals surface area contributed by atoms with Gasteiger partial charge in [0, 0.05) is 17.4 Å². The molecule has 5 nitrogen and oxygen atoms in total. The van der Waals surface area contributed by atoms with Gasteiger partial charge in [0.05, 0.1) is 16.8 Å². The van der Waals surface area contributed by atoms with E-state index >= 15 is 0 Å². The first-order valence-electron chi connectivity index (χ1n) is 8.92. The molecule has 138 valence electrons. The number of para-hydroxylation sites is 1. The molecule has 0 aliphatic rings.